The van der Waals surface area contributed by atoms with Crippen molar-refractivity contribution >= 4 is 5.78 Å². The molecule has 3 rings (SSSR count). The molecule has 0 aliphatic heterocycles. The number of carbonyl (C=O) groups excluding carboxylic acids is 1. The first-order chi connectivity index (χ1) is 6.36. The second-order valence-corrected chi connectivity index (χ2v) is 4.17. The van der Waals surface area contributed by atoms with Gasteiger partial charge in [-0.3, -0.25) is 4.79 Å². The minimum atomic E-state index is 0.162. The van der Waals surface area contributed by atoms with Crippen LogP contribution in [-0.4, -0.2) is 5.78 Å². The van der Waals surface area contributed by atoms with Crippen LogP contribution >= 0.6 is 0 Å². The van der Waals surface area contributed by atoms with E-state index in [1.54, 1.807) is 0 Å². The Hall–Kier alpha value is -1.11. The number of Topliss-reactive ketones (excluding diaryl/α,β-unsaturated/α-hetero) is 1. The normalized spacial score (nSPS) is 45.4. The molecule has 4 atom stereocenters. The van der Waals surface area contributed by atoms with Gasteiger partial charge in [-0.2, -0.15) is 0 Å². The van der Waals surface area contributed by atoms with Crippen molar-refractivity contribution in [2.24, 2.45) is 23.7 Å². The minimum Gasteiger partial charge on any atom is -0.298 e. The van der Waals surface area contributed by atoms with Gasteiger partial charge in [-0.15, -0.1) is 0 Å². The van der Waals surface area contributed by atoms with Crippen LogP contribution in [0.3, 0.4) is 0 Å². The number of hydrogen-bond acceptors (Lipinski definition) is 1. The summed E-state index contributed by atoms with van der Waals surface area (Å²) in [5.41, 5.74) is 0. The summed E-state index contributed by atoms with van der Waals surface area (Å²) in [6.45, 7) is 0. The number of carbonyl (C=O) groups is 1. The van der Waals surface area contributed by atoms with Crippen LogP contribution in [-0.2, 0) is 4.79 Å². The molecule has 1 saturated carbocycles. The number of fused-ring (bicyclic) bond motifs is 6. The summed E-state index contributed by atoms with van der Waals surface area (Å²) in [5, 5.41) is 0. The van der Waals surface area contributed by atoms with Crippen molar-refractivity contribution in [1.82, 2.24) is 0 Å². The molecule has 13 heavy (non-hydrogen) atoms. The van der Waals surface area contributed by atoms with Crippen molar-refractivity contribution in [3.8, 4) is 0 Å². The van der Waals surface area contributed by atoms with Gasteiger partial charge in [0.15, 0.2) is 0 Å². The fourth-order valence-corrected chi connectivity index (χ4v) is 2.78. The smallest absolute Gasteiger partial charge is 0.147 e. The predicted octanol–water partition coefficient (Wildman–Crippen LogP) is 2.12. The predicted molar refractivity (Wildman–Crippen MR) is 51.0 cm³/mol. The number of rotatable bonds is 0. The van der Waals surface area contributed by atoms with Crippen molar-refractivity contribution in [1.29, 1.82) is 0 Å². The van der Waals surface area contributed by atoms with Gasteiger partial charge in [0.1, 0.15) is 5.78 Å². The highest BCUT2D eigenvalue weighted by molar-refractivity contribution is 5.89. The molecular weight excluding hydrogens is 160 g/mol. The molecule has 3 aliphatic carbocycles. The summed E-state index contributed by atoms with van der Waals surface area (Å²) in [5.74, 6) is 1.73. The van der Waals surface area contributed by atoms with Crippen LogP contribution < -0.4 is 0 Å². The lowest BCUT2D eigenvalue weighted by Crippen LogP contribution is -2.34. The van der Waals surface area contributed by atoms with E-state index in [0.717, 1.165) is 0 Å². The topological polar surface area (TPSA) is 17.1 Å². The number of hydrogen-bond donors (Lipinski definition) is 0. The fourth-order valence-electron chi connectivity index (χ4n) is 2.78. The number of allylic oxidation sites excluding steroid dienone is 6. The molecule has 0 heterocycles. The highest BCUT2D eigenvalue weighted by atomic mass is 16.1. The van der Waals surface area contributed by atoms with E-state index in [4.69, 9.17) is 0 Å². The van der Waals surface area contributed by atoms with E-state index < -0.39 is 0 Å². The van der Waals surface area contributed by atoms with Crippen LogP contribution in [0.2, 0.25) is 0 Å². The van der Waals surface area contributed by atoms with Gasteiger partial charge in [0, 0.05) is 11.8 Å². The van der Waals surface area contributed by atoms with E-state index in [1.165, 1.54) is 6.42 Å². The third kappa shape index (κ3) is 0.902. The van der Waals surface area contributed by atoms with Crippen molar-refractivity contribution in [2.45, 2.75) is 6.42 Å². The number of ketones is 1. The van der Waals surface area contributed by atoms with Gasteiger partial charge in [0.2, 0.25) is 0 Å². The molecule has 0 spiro atoms. The molecule has 0 radical (unpaired) electrons. The monoisotopic (exact) mass is 172 g/mol. The van der Waals surface area contributed by atoms with Crippen LogP contribution in [0.5, 0.6) is 0 Å². The molecule has 1 nitrogen and oxygen atoms in total. The van der Waals surface area contributed by atoms with Gasteiger partial charge in [-0.05, 0) is 18.3 Å². The molecule has 1 fully saturated rings. The molecule has 3 aliphatic rings. The molecule has 0 aromatic heterocycles. The molecule has 0 unspecified atom stereocenters. The van der Waals surface area contributed by atoms with E-state index in [0.29, 0.717) is 17.6 Å². The Kier molecular flexibility index (Phi) is 1.37. The lowest BCUT2D eigenvalue weighted by Gasteiger charge is -2.30. The quantitative estimate of drug-likeness (QED) is 0.511. The second kappa shape index (κ2) is 2.44. The molecule has 0 N–H and O–H groups in total. The second-order valence-electron chi connectivity index (χ2n) is 4.17. The summed E-state index contributed by atoms with van der Waals surface area (Å²) >= 11 is 0. The standard InChI is InChI=1S/C12H12O/c13-12-10-3-1-2-4-11(12)9-6-5-8(10)7-9/h1-6,8-11H,7H2/t8-,9+,10+,11-. The van der Waals surface area contributed by atoms with E-state index in [1.807, 2.05) is 12.2 Å². The Balaban J connectivity index is 2.11. The molecular formula is C12H12O. The first kappa shape index (κ1) is 7.31. The lowest BCUT2D eigenvalue weighted by atomic mass is 9.72. The molecule has 1 heteroatoms. The summed E-state index contributed by atoms with van der Waals surface area (Å²) in [6.07, 6.45) is 13.8. The maximum absolute atomic E-state index is 11.9. The van der Waals surface area contributed by atoms with Gasteiger partial charge in [-0.25, -0.2) is 0 Å². The summed E-state index contributed by atoms with van der Waals surface area (Å²) in [7, 11) is 0. The summed E-state index contributed by atoms with van der Waals surface area (Å²) in [6, 6.07) is 0. The third-order valence-corrected chi connectivity index (χ3v) is 3.48. The molecule has 0 saturated heterocycles. The SMILES string of the molecule is O=C1[C@H]2C=CC=C[C@@H]1[C@H]1C=C[C@@H]2C1. The Labute approximate surface area is 77.8 Å². The van der Waals surface area contributed by atoms with Crippen LogP contribution in [0.15, 0.2) is 36.5 Å². The minimum absolute atomic E-state index is 0.162. The first-order valence-electron chi connectivity index (χ1n) is 4.93. The highest BCUT2D eigenvalue weighted by Gasteiger charge is 2.42. The van der Waals surface area contributed by atoms with E-state index in [-0.39, 0.29) is 11.8 Å². The Morgan fingerprint density at radius 3 is 2.00 bits per heavy atom. The average Bonchev–Trinajstić information content (AvgIpc) is 2.51. The molecule has 0 aromatic rings. The summed E-state index contributed by atoms with van der Waals surface area (Å²) in [4.78, 5) is 11.9. The van der Waals surface area contributed by atoms with Crippen molar-refractivity contribution in [2.75, 3.05) is 0 Å². The molecule has 0 aromatic carbocycles. The Morgan fingerprint density at radius 1 is 0.923 bits per heavy atom. The zero-order valence-corrected chi connectivity index (χ0v) is 7.39. The molecule has 66 valence electrons. The maximum Gasteiger partial charge on any atom is 0.147 e. The van der Waals surface area contributed by atoms with Gasteiger partial charge >= 0.3 is 0 Å². The van der Waals surface area contributed by atoms with E-state index >= 15 is 0 Å². The zero-order valence-electron chi connectivity index (χ0n) is 7.39. The van der Waals surface area contributed by atoms with E-state index in [9.17, 15) is 4.79 Å². The lowest BCUT2D eigenvalue weighted by molar-refractivity contribution is -0.127. The first-order valence-corrected chi connectivity index (χ1v) is 4.93. The van der Waals surface area contributed by atoms with Crippen LogP contribution in [0.25, 0.3) is 0 Å². The van der Waals surface area contributed by atoms with Crippen molar-refractivity contribution in [3.63, 3.8) is 0 Å². The third-order valence-electron chi connectivity index (χ3n) is 3.48. The molecule has 4 bridgehead atoms. The average molecular weight is 172 g/mol. The van der Waals surface area contributed by atoms with Gasteiger partial charge in [0.05, 0.1) is 0 Å². The maximum atomic E-state index is 11.9. The van der Waals surface area contributed by atoms with Crippen molar-refractivity contribution < 1.29 is 4.79 Å². The largest absolute Gasteiger partial charge is 0.298 e. The Morgan fingerprint density at radius 2 is 1.46 bits per heavy atom. The zero-order chi connectivity index (χ0) is 8.84. The summed E-state index contributed by atoms with van der Waals surface area (Å²) < 4.78 is 0. The Bertz CT molecular complexity index is 305. The van der Waals surface area contributed by atoms with Gasteiger partial charge < -0.3 is 0 Å². The fraction of sp³-hybridized carbons (Fsp3) is 0.417. The van der Waals surface area contributed by atoms with Crippen molar-refractivity contribution in [3.05, 3.63) is 36.5 Å². The highest BCUT2D eigenvalue weighted by Crippen LogP contribution is 2.43. The van der Waals surface area contributed by atoms with Gasteiger partial charge in [-0.1, -0.05) is 36.5 Å². The van der Waals surface area contributed by atoms with Crippen LogP contribution in [0, 0.1) is 23.7 Å². The molecule has 0 amide bonds. The van der Waals surface area contributed by atoms with Gasteiger partial charge in [0.25, 0.3) is 0 Å². The van der Waals surface area contributed by atoms with E-state index in [2.05, 4.69) is 24.3 Å². The van der Waals surface area contributed by atoms with Crippen LogP contribution in [0.4, 0.5) is 0 Å². The van der Waals surface area contributed by atoms with Crippen LogP contribution in [0.1, 0.15) is 6.42 Å².